The number of aryl methyl sites for hydroxylation is 1. The normalized spacial score (nSPS) is 10.7. The molecule has 0 aromatic carbocycles. The summed E-state index contributed by atoms with van der Waals surface area (Å²) in [6.45, 7) is 5.44. The average Bonchev–Trinajstić information content (AvgIpc) is 2.37. The number of nitrogens with one attached hydrogen (secondary N) is 1. The molecule has 70 valence electrons. The molecule has 4 heteroatoms. The van der Waals surface area contributed by atoms with Crippen molar-refractivity contribution in [3.63, 3.8) is 0 Å². The lowest BCUT2D eigenvalue weighted by molar-refractivity contribution is -0.112. The van der Waals surface area contributed by atoms with E-state index in [0.717, 1.165) is 11.3 Å². The highest BCUT2D eigenvalue weighted by Gasteiger charge is 2.09. The molecule has 1 heterocycles. The van der Waals surface area contributed by atoms with Gasteiger partial charge in [0.15, 0.2) is 0 Å². The minimum absolute atomic E-state index is 0.207. The summed E-state index contributed by atoms with van der Waals surface area (Å²) in [5.74, 6) is 0.211. The van der Waals surface area contributed by atoms with Crippen LogP contribution in [0.2, 0.25) is 0 Å². The number of hydrogen-bond acceptors (Lipinski definition) is 3. The van der Waals surface area contributed by atoms with Crippen molar-refractivity contribution in [2.75, 3.05) is 5.32 Å². The van der Waals surface area contributed by atoms with Gasteiger partial charge in [-0.3, -0.25) is 10.1 Å². The first-order valence-electron chi connectivity index (χ1n) is 4.01. The van der Waals surface area contributed by atoms with Crippen molar-refractivity contribution >= 4 is 11.8 Å². The van der Waals surface area contributed by atoms with Gasteiger partial charge in [0, 0.05) is 5.56 Å². The second-order valence-electron chi connectivity index (χ2n) is 2.71. The summed E-state index contributed by atoms with van der Waals surface area (Å²) < 4.78 is 4.90. The molecule has 0 aliphatic rings. The minimum atomic E-state index is -0.207. The van der Waals surface area contributed by atoms with Gasteiger partial charge < -0.3 is 4.52 Å². The number of carbonyl (C=O) groups excluding carboxylic acids is 1. The van der Waals surface area contributed by atoms with E-state index in [4.69, 9.17) is 4.52 Å². The lowest BCUT2D eigenvalue weighted by Crippen LogP contribution is -2.07. The topological polar surface area (TPSA) is 55.1 Å². The Morgan fingerprint density at radius 3 is 2.69 bits per heavy atom. The summed E-state index contributed by atoms with van der Waals surface area (Å²) in [6, 6.07) is 0. The van der Waals surface area contributed by atoms with Crippen LogP contribution in [-0.4, -0.2) is 11.1 Å². The van der Waals surface area contributed by atoms with Gasteiger partial charge in [-0.05, 0) is 26.8 Å². The van der Waals surface area contributed by atoms with Crippen molar-refractivity contribution < 1.29 is 9.32 Å². The standard InChI is InChI=1S/C9H12N2O2/c1-4-5-8(12)10-9-6(2)7(3)11-13-9/h4-5H,1-3H3,(H,10,12). The molecule has 0 atom stereocenters. The lowest BCUT2D eigenvalue weighted by atomic mass is 10.3. The maximum Gasteiger partial charge on any atom is 0.250 e. The van der Waals surface area contributed by atoms with E-state index >= 15 is 0 Å². The Hall–Kier alpha value is -1.58. The van der Waals surface area contributed by atoms with Gasteiger partial charge in [0.05, 0.1) is 5.69 Å². The number of amides is 1. The van der Waals surface area contributed by atoms with Crippen LogP contribution >= 0.6 is 0 Å². The molecule has 4 nitrogen and oxygen atoms in total. The second-order valence-corrected chi connectivity index (χ2v) is 2.71. The van der Waals surface area contributed by atoms with Gasteiger partial charge in [0.1, 0.15) is 0 Å². The van der Waals surface area contributed by atoms with Crippen LogP contribution in [0.15, 0.2) is 16.7 Å². The van der Waals surface area contributed by atoms with Crippen LogP contribution in [-0.2, 0) is 4.79 Å². The van der Waals surface area contributed by atoms with Crippen molar-refractivity contribution in [1.29, 1.82) is 0 Å². The summed E-state index contributed by atoms with van der Waals surface area (Å²) in [5.41, 5.74) is 1.65. The molecule has 1 rings (SSSR count). The largest absolute Gasteiger partial charge is 0.338 e. The number of anilines is 1. The molecule has 0 bridgehead atoms. The van der Waals surface area contributed by atoms with Crippen LogP contribution in [0.4, 0.5) is 5.88 Å². The molecule has 1 amide bonds. The van der Waals surface area contributed by atoms with Gasteiger partial charge in [-0.25, -0.2) is 0 Å². The van der Waals surface area contributed by atoms with E-state index in [2.05, 4.69) is 10.5 Å². The highest BCUT2D eigenvalue weighted by atomic mass is 16.5. The van der Waals surface area contributed by atoms with Crippen molar-refractivity contribution in [2.45, 2.75) is 20.8 Å². The molecular weight excluding hydrogens is 168 g/mol. The lowest BCUT2D eigenvalue weighted by Gasteiger charge is -1.96. The molecule has 1 aromatic heterocycles. The fourth-order valence-electron chi connectivity index (χ4n) is 0.837. The third-order valence-electron chi connectivity index (χ3n) is 1.71. The molecule has 0 aliphatic heterocycles. The van der Waals surface area contributed by atoms with E-state index in [1.54, 1.807) is 13.0 Å². The highest BCUT2D eigenvalue weighted by Crippen LogP contribution is 2.16. The maximum absolute atomic E-state index is 11.1. The van der Waals surface area contributed by atoms with Gasteiger partial charge >= 0.3 is 0 Å². The molecule has 0 saturated heterocycles. The number of hydrogen-bond donors (Lipinski definition) is 1. The smallest absolute Gasteiger partial charge is 0.250 e. The van der Waals surface area contributed by atoms with Gasteiger partial charge in [-0.15, -0.1) is 0 Å². The number of carbonyl (C=O) groups is 1. The minimum Gasteiger partial charge on any atom is -0.338 e. The monoisotopic (exact) mass is 180 g/mol. The first-order valence-corrected chi connectivity index (χ1v) is 4.01. The van der Waals surface area contributed by atoms with E-state index in [1.165, 1.54) is 6.08 Å². The van der Waals surface area contributed by atoms with Crippen LogP contribution in [0.3, 0.4) is 0 Å². The second kappa shape index (κ2) is 3.89. The third kappa shape index (κ3) is 2.18. The average molecular weight is 180 g/mol. The summed E-state index contributed by atoms with van der Waals surface area (Å²) >= 11 is 0. The fraction of sp³-hybridized carbons (Fsp3) is 0.333. The van der Waals surface area contributed by atoms with Gasteiger partial charge in [0.25, 0.3) is 0 Å². The molecule has 0 radical (unpaired) electrons. The molecule has 0 unspecified atom stereocenters. The Kier molecular flexibility index (Phi) is 2.84. The zero-order chi connectivity index (χ0) is 9.84. The zero-order valence-corrected chi connectivity index (χ0v) is 7.92. The van der Waals surface area contributed by atoms with Gasteiger partial charge in [-0.2, -0.15) is 0 Å². The number of rotatable bonds is 2. The zero-order valence-electron chi connectivity index (χ0n) is 7.92. The van der Waals surface area contributed by atoms with Gasteiger partial charge in [-0.1, -0.05) is 11.2 Å². The molecule has 0 fully saturated rings. The third-order valence-corrected chi connectivity index (χ3v) is 1.71. The molecule has 1 N–H and O–H groups in total. The predicted molar refractivity (Wildman–Crippen MR) is 49.4 cm³/mol. The molecule has 13 heavy (non-hydrogen) atoms. The molecular formula is C9H12N2O2. The predicted octanol–water partition coefficient (Wildman–Crippen LogP) is 1.81. The quantitative estimate of drug-likeness (QED) is 0.706. The Labute approximate surface area is 76.6 Å². The van der Waals surface area contributed by atoms with Crippen LogP contribution in [0.25, 0.3) is 0 Å². The first-order chi connectivity index (χ1) is 6.15. The Morgan fingerprint density at radius 2 is 2.23 bits per heavy atom. The Bertz CT molecular complexity index is 339. The van der Waals surface area contributed by atoms with E-state index in [0.29, 0.717) is 5.88 Å². The van der Waals surface area contributed by atoms with Crippen molar-refractivity contribution in [3.8, 4) is 0 Å². The van der Waals surface area contributed by atoms with Crippen LogP contribution < -0.4 is 5.32 Å². The van der Waals surface area contributed by atoms with Crippen LogP contribution in [0.1, 0.15) is 18.2 Å². The van der Waals surface area contributed by atoms with E-state index in [-0.39, 0.29) is 5.91 Å². The van der Waals surface area contributed by atoms with E-state index in [9.17, 15) is 4.79 Å². The summed E-state index contributed by atoms with van der Waals surface area (Å²) in [5, 5.41) is 6.29. The van der Waals surface area contributed by atoms with Crippen LogP contribution in [0, 0.1) is 13.8 Å². The SMILES string of the molecule is CC=CC(=O)Nc1onc(C)c1C. The summed E-state index contributed by atoms with van der Waals surface area (Å²) in [6.07, 6.45) is 3.09. The van der Waals surface area contributed by atoms with Gasteiger partial charge in [0.2, 0.25) is 11.8 Å². The molecule has 0 saturated carbocycles. The van der Waals surface area contributed by atoms with E-state index < -0.39 is 0 Å². The first kappa shape index (κ1) is 9.51. The number of nitrogens with zero attached hydrogens (tertiary/aromatic N) is 1. The molecule has 1 aromatic rings. The van der Waals surface area contributed by atoms with Crippen molar-refractivity contribution in [1.82, 2.24) is 5.16 Å². The fourth-order valence-corrected chi connectivity index (χ4v) is 0.837. The summed E-state index contributed by atoms with van der Waals surface area (Å²) in [4.78, 5) is 11.1. The number of aromatic nitrogens is 1. The van der Waals surface area contributed by atoms with Crippen molar-refractivity contribution in [2.24, 2.45) is 0 Å². The Balaban J connectivity index is 2.75. The molecule has 0 spiro atoms. The van der Waals surface area contributed by atoms with Crippen molar-refractivity contribution in [3.05, 3.63) is 23.4 Å². The summed E-state index contributed by atoms with van der Waals surface area (Å²) in [7, 11) is 0. The maximum atomic E-state index is 11.1. The van der Waals surface area contributed by atoms with Crippen LogP contribution in [0.5, 0.6) is 0 Å². The van der Waals surface area contributed by atoms with E-state index in [1.807, 2.05) is 13.8 Å². The highest BCUT2D eigenvalue weighted by molar-refractivity contribution is 5.98. The Morgan fingerprint density at radius 1 is 1.54 bits per heavy atom. The molecule has 0 aliphatic carbocycles. The number of allylic oxidation sites excluding steroid dienone is 1.